The van der Waals surface area contributed by atoms with Crippen LogP contribution in [0.1, 0.15) is 5.56 Å². The molecule has 1 aliphatic heterocycles. The fourth-order valence-electron chi connectivity index (χ4n) is 2.60. The second kappa shape index (κ2) is 7.82. The molecule has 1 aromatic rings. The van der Waals surface area contributed by atoms with Gasteiger partial charge in [0, 0.05) is 12.6 Å². The molecule has 0 bridgehead atoms. The summed E-state index contributed by atoms with van der Waals surface area (Å²) in [6.45, 7) is -0.730. The van der Waals surface area contributed by atoms with Crippen LogP contribution in [0.5, 0.6) is 5.75 Å². The number of methoxy groups -OCH3 is 2. The Morgan fingerprint density at radius 1 is 1.33 bits per heavy atom. The molecule has 27 heavy (non-hydrogen) atoms. The minimum atomic E-state index is -4.91. The van der Waals surface area contributed by atoms with Crippen molar-refractivity contribution in [2.24, 2.45) is 0 Å². The van der Waals surface area contributed by atoms with Crippen molar-refractivity contribution >= 4 is 17.6 Å². The van der Waals surface area contributed by atoms with Gasteiger partial charge in [-0.2, -0.15) is 13.2 Å². The van der Waals surface area contributed by atoms with E-state index in [4.69, 9.17) is 9.84 Å². The van der Waals surface area contributed by atoms with E-state index in [9.17, 15) is 27.2 Å². The molecule has 0 radical (unpaired) electrons. The second-order valence-corrected chi connectivity index (χ2v) is 5.45. The molecule has 148 valence electrons. The summed E-state index contributed by atoms with van der Waals surface area (Å²) < 4.78 is 62.5. The molecular formula is C16H16F4N2O5. The molecule has 2 rings (SSSR count). The number of hydrogen-bond donors (Lipinski definition) is 2. The Morgan fingerprint density at radius 2 is 2.00 bits per heavy atom. The number of nitrogens with one attached hydrogen (secondary N) is 1. The van der Waals surface area contributed by atoms with Crippen molar-refractivity contribution in [3.05, 3.63) is 34.8 Å². The number of aliphatic hydroxyl groups is 1. The van der Waals surface area contributed by atoms with Crippen molar-refractivity contribution < 1.29 is 41.7 Å². The lowest BCUT2D eigenvalue weighted by atomic mass is 10.1. The second-order valence-electron chi connectivity index (χ2n) is 5.45. The SMILES string of the molecule is COC(=O)C1=C(Nc2cc(F)cc(C(F)(F)F)c2OC)C(=O)N(CCO)C1. The number of halogens is 4. The Bertz CT molecular complexity index is 792. The summed E-state index contributed by atoms with van der Waals surface area (Å²) in [6, 6.07) is 0.964. The fourth-order valence-corrected chi connectivity index (χ4v) is 2.60. The zero-order chi connectivity index (χ0) is 20.4. The number of carbonyl (C=O) groups is 2. The van der Waals surface area contributed by atoms with Crippen LogP contribution in [0, 0.1) is 5.82 Å². The van der Waals surface area contributed by atoms with Crippen molar-refractivity contribution in [1.29, 1.82) is 0 Å². The van der Waals surface area contributed by atoms with Crippen LogP contribution in [-0.2, 0) is 20.5 Å². The number of esters is 1. The molecule has 1 heterocycles. The van der Waals surface area contributed by atoms with Crippen molar-refractivity contribution in [2.45, 2.75) is 6.18 Å². The molecule has 0 saturated carbocycles. The molecule has 0 fully saturated rings. The lowest BCUT2D eigenvalue weighted by Gasteiger charge is -2.18. The van der Waals surface area contributed by atoms with Gasteiger partial charge in [-0.05, 0) is 6.07 Å². The van der Waals surface area contributed by atoms with Gasteiger partial charge in [-0.3, -0.25) is 4.79 Å². The van der Waals surface area contributed by atoms with Crippen LogP contribution in [0.3, 0.4) is 0 Å². The van der Waals surface area contributed by atoms with Gasteiger partial charge < -0.3 is 24.8 Å². The Labute approximate surface area is 151 Å². The number of carbonyl (C=O) groups excluding carboxylic acids is 2. The molecule has 0 saturated heterocycles. The predicted octanol–water partition coefficient (Wildman–Crippen LogP) is 1.53. The number of alkyl halides is 3. The first-order valence-corrected chi connectivity index (χ1v) is 7.57. The smallest absolute Gasteiger partial charge is 0.420 e. The fraction of sp³-hybridized carbons (Fsp3) is 0.375. The molecule has 0 aliphatic carbocycles. The highest BCUT2D eigenvalue weighted by molar-refractivity contribution is 6.08. The van der Waals surface area contributed by atoms with E-state index in [2.05, 4.69) is 10.1 Å². The maximum Gasteiger partial charge on any atom is 0.420 e. The normalized spacial score (nSPS) is 14.6. The van der Waals surface area contributed by atoms with Gasteiger partial charge in [0.15, 0.2) is 5.75 Å². The van der Waals surface area contributed by atoms with E-state index in [1.807, 2.05) is 0 Å². The molecule has 0 unspecified atom stereocenters. The van der Waals surface area contributed by atoms with Crippen LogP contribution in [0.2, 0.25) is 0 Å². The molecule has 1 aromatic carbocycles. The summed E-state index contributed by atoms with van der Waals surface area (Å²) >= 11 is 0. The first kappa shape index (κ1) is 20.5. The number of ether oxygens (including phenoxy) is 2. The van der Waals surface area contributed by atoms with Gasteiger partial charge in [0.1, 0.15) is 17.1 Å². The van der Waals surface area contributed by atoms with Crippen molar-refractivity contribution in [3.8, 4) is 5.75 Å². The molecule has 1 amide bonds. The monoisotopic (exact) mass is 392 g/mol. The van der Waals surface area contributed by atoms with Gasteiger partial charge in [0.05, 0.1) is 38.6 Å². The van der Waals surface area contributed by atoms with E-state index >= 15 is 0 Å². The summed E-state index contributed by atoms with van der Waals surface area (Å²) in [5.74, 6) is -3.61. The van der Waals surface area contributed by atoms with Crippen molar-refractivity contribution in [1.82, 2.24) is 4.90 Å². The summed E-state index contributed by atoms with van der Waals surface area (Å²) in [6.07, 6.45) is -4.91. The van der Waals surface area contributed by atoms with Crippen LogP contribution >= 0.6 is 0 Å². The van der Waals surface area contributed by atoms with Crippen LogP contribution in [0.4, 0.5) is 23.2 Å². The van der Waals surface area contributed by atoms with Crippen molar-refractivity contribution in [2.75, 3.05) is 39.2 Å². The van der Waals surface area contributed by atoms with Gasteiger partial charge in [0.25, 0.3) is 5.91 Å². The first-order valence-electron chi connectivity index (χ1n) is 7.57. The highest BCUT2D eigenvalue weighted by atomic mass is 19.4. The van der Waals surface area contributed by atoms with E-state index in [-0.39, 0.29) is 30.4 Å². The zero-order valence-corrected chi connectivity index (χ0v) is 14.3. The predicted molar refractivity (Wildman–Crippen MR) is 84.3 cm³/mol. The van der Waals surface area contributed by atoms with Gasteiger partial charge in [-0.25, -0.2) is 9.18 Å². The summed E-state index contributed by atoms with van der Waals surface area (Å²) in [5, 5.41) is 11.4. The summed E-state index contributed by atoms with van der Waals surface area (Å²) in [5.41, 5.74) is -2.42. The minimum Gasteiger partial charge on any atom is -0.494 e. The Hall–Kier alpha value is -2.82. The number of hydrogen-bond acceptors (Lipinski definition) is 6. The van der Waals surface area contributed by atoms with Crippen molar-refractivity contribution in [3.63, 3.8) is 0 Å². The third-order valence-corrected chi connectivity index (χ3v) is 3.78. The highest BCUT2D eigenvalue weighted by Crippen LogP contribution is 2.42. The molecule has 11 heteroatoms. The van der Waals surface area contributed by atoms with E-state index in [1.54, 1.807) is 0 Å². The lowest BCUT2D eigenvalue weighted by Crippen LogP contribution is -2.31. The highest BCUT2D eigenvalue weighted by Gasteiger charge is 2.38. The van der Waals surface area contributed by atoms with E-state index in [1.165, 1.54) is 0 Å². The van der Waals surface area contributed by atoms with Crippen LogP contribution < -0.4 is 10.1 Å². The maximum absolute atomic E-state index is 13.7. The van der Waals surface area contributed by atoms with E-state index in [0.717, 1.165) is 19.1 Å². The van der Waals surface area contributed by atoms with Crippen LogP contribution in [0.15, 0.2) is 23.4 Å². The first-order chi connectivity index (χ1) is 12.6. The lowest BCUT2D eigenvalue weighted by molar-refractivity contribution is -0.139. The third-order valence-electron chi connectivity index (χ3n) is 3.78. The Balaban J connectivity index is 2.54. The van der Waals surface area contributed by atoms with Gasteiger partial charge in [-0.15, -0.1) is 0 Å². The number of rotatable bonds is 6. The largest absolute Gasteiger partial charge is 0.494 e. The molecule has 0 aromatic heterocycles. The average Bonchev–Trinajstić information content (AvgIpc) is 2.90. The molecule has 0 spiro atoms. The molecule has 0 atom stereocenters. The quantitative estimate of drug-likeness (QED) is 0.564. The standard InChI is InChI=1S/C16H16F4N2O5/c1-26-13-10(16(18,19)20)5-8(17)6-11(13)21-12-9(15(25)27-2)7-22(3-4-23)14(12)24/h5-6,21,23H,3-4,7H2,1-2H3. The molecule has 7 nitrogen and oxygen atoms in total. The topological polar surface area (TPSA) is 88.1 Å². The van der Waals surface area contributed by atoms with Crippen LogP contribution in [0.25, 0.3) is 0 Å². The number of nitrogens with zero attached hydrogens (tertiary/aromatic N) is 1. The molecule has 2 N–H and O–H groups in total. The third kappa shape index (κ3) is 4.13. The Kier molecular flexibility index (Phi) is 5.94. The van der Waals surface area contributed by atoms with Gasteiger partial charge in [0.2, 0.25) is 0 Å². The van der Waals surface area contributed by atoms with Gasteiger partial charge in [-0.1, -0.05) is 0 Å². The van der Waals surface area contributed by atoms with E-state index < -0.39 is 47.5 Å². The summed E-state index contributed by atoms with van der Waals surface area (Å²) in [4.78, 5) is 25.4. The Morgan fingerprint density at radius 3 is 2.52 bits per heavy atom. The minimum absolute atomic E-state index is 0.113. The number of benzene rings is 1. The zero-order valence-electron chi connectivity index (χ0n) is 14.3. The van der Waals surface area contributed by atoms with Gasteiger partial charge >= 0.3 is 12.1 Å². The van der Waals surface area contributed by atoms with Crippen LogP contribution in [-0.4, -0.2) is 55.8 Å². The summed E-state index contributed by atoms with van der Waals surface area (Å²) in [7, 11) is 2.02. The maximum atomic E-state index is 13.7. The molecular weight excluding hydrogens is 376 g/mol. The van der Waals surface area contributed by atoms with E-state index in [0.29, 0.717) is 6.07 Å². The average molecular weight is 392 g/mol. The number of β-amino-alcohol motifs (C(OH)–C–C–N with tert-alkyl or cyclic N) is 1. The molecule has 1 aliphatic rings. The number of aliphatic hydroxyl groups excluding tert-OH is 1. The number of anilines is 1. The number of amides is 1.